The number of nitrogens with one attached hydrogen (secondary N) is 1. The third-order valence-electron chi connectivity index (χ3n) is 5.55. The fraction of sp³-hybridized carbons (Fsp3) is 0.630. The number of hydrogen-bond acceptors (Lipinski definition) is 6. The van der Waals surface area contributed by atoms with Crippen molar-refractivity contribution in [2.24, 2.45) is 11.7 Å². The number of carbonyl (C=O) groups is 4. The zero-order valence-electron chi connectivity index (χ0n) is 22.7. The lowest BCUT2D eigenvalue weighted by Gasteiger charge is -2.25. The number of carbonyl (C=O) groups excluding carboxylic acids is 4. The van der Waals surface area contributed by atoms with Gasteiger partial charge in [-0.15, -0.1) is 0 Å². The van der Waals surface area contributed by atoms with Gasteiger partial charge in [0, 0.05) is 52.0 Å². The van der Waals surface area contributed by atoms with Gasteiger partial charge in [-0.25, -0.2) is 4.79 Å². The van der Waals surface area contributed by atoms with E-state index in [0.29, 0.717) is 38.8 Å². The van der Waals surface area contributed by atoms with Crippen LogP contribution in [0.4, 0.5) is 4.79 Å². The van der Waals surface area contributed by atoms with Gasteiger partial charge in [0.25, 0.3) is 0 Å². The van der Waals surface area contributed by atoms with Gasteiger partial charge in [-0.1, -0.05) is 30.3 Å². The Kier molecular flexibility index (Phi) is 13.2. The van der Waals surface area contributed by atoms with Crippen molar-refractivity contribution in [2.45, 2.75) is 77.9 Å². The van der Waals surface area contributed by atoms with Crippen molar-refractivity contribution >= 4 is 23.8 Å². The molecule has 0 spiro atoms. The third kappa shape index (κ3) is 13.2. The lowest BCUT2D eigenvalue weighted by molar-refractivity contribution is -0.138. The highest BCUT2D eigenvalue weighted by Crippen LogP contribution is 2.16. The minimum Gasteiger partial charge on any atom is -0.444 e. The van der Waals surface area contributed by atoms with Gasteiger partial charge in [0.1, 0.15) is 5.60 Å². The molecule has 0 fully saturated rings. The molecule has 0 bridgehead atoms. The van der Waals surface area contributed by atoms with Gasteiger partial charge in [0.2, 0.25) is 17.7 Å². The summed E-state index contributed by atoms with van der Waals surface area (Å²) in [6.07, 6.45) is 2.15. The second kappa shape index (κ2) is 15.2. The molecule has 0 heterocycles. The number of unbranched alkanes of at least 4 members (excludes halogenated alkanes) is 1. The van der Waals surface area contributed by atoms with Crippen molar-refractivity contribution in [3.63, 3.8) is 0 Å². The molecule has 4 amide bonds. The first-order valence-corrected chi connectivity index (χ1v) is 12.6. The van der Waals surface area contributed by atoms with Crippen LogP contribution in [-0.4, -0.2) is 72.4 Å². The van der Waals surface area contributed by atoms with Crippen LogP contribution in [0.1, 0.15) is 65.4 Å². The summed E-state index contributed by atoms with van der Waals surface area (Å²) in [5.41, 5.74) is 6.17. The number of imide groups is 1. The van der Waals surface area contributed by atoms with Crippen LogP contribution < -0.4 is 11.1 Å². The van der Waals surface area contributed by atoms with Crippen molar-refractivity contribution in [1.82, 2.24) is 15.1 Å². The Balaban J connectivity index is 2.61. The maximum absolute atomic E-state index is 12.9. The molecule has 1 aromatic carbocycles. The second-order valence-electron chi connectivity index (χ2n) is 10.4. The molecule has 0 aliphatic heterocycles. The van der Waals surface area contributed by atoms with Crippen molar-refractivity contribution in [3.8, 4) is 0 Å². The first kappa shape index (κ1) is 31.1. The van der Waals surface area contributed by atoms with Gasteiger partial charge in [0.15, 0.2) is 0 Å². The molecule has 0 radical (unpaired) electrons. The van der Waals surface area contributed by atoms with E-state index in [2.05, 4.69) is 5.32 Å². The first-order chi connectivity index (χ1) is 16.8. The van der Waals surface area contributed by atoms with E-state index < -0.39 is 23.3 Å². The van der Waals surface area contributed by atoms with Crippen LogP contribution in [0.5, 0.6) is 0 Å². The van der Waals surface area contributed by atoms with Gasteiger partial charge in [-0.05, 0) is 58.9 Å². The Hall–Kier alpha value is -2.94. The van der Waals surface area contributed by atoms with Crippen LogP contribution in [0, 0.1) is 5.92 Å². The molecular weight excluding hydrogens is 460 g/mol. The number of benzene rings is 1. The number of hydrogen-bond donors (Lipinski definition) is 2. The predicted octanol–water partition coefficient (Wildman–Crippen LogP) is 3.11. The highest BCUT2D eigenvalue weighted by Gasteiger charge is 2.25. The smallest absolute Gasteiger partial charge is 0.410 e. The Morgan fingerprint density at radius 3 is 2.11 bits per heavy atom. The SMILES string of the molecule is C[C@@H](N)CC(=O)NC(=O)[C@H](CCc1ccccc1)CC(=O)N(C)CCCCN(C)C(=O)OC(C)(C)C. The standard InChI is InChI=1S/C27H44N4O5/c1-20(28)18-23(32)29-25(34)22(15-14-21-12-8-7-9-13-21)19-24(33)30(5)16-10-11-17-31(6)26(35)36-27(2,3)4/h7-9,12-13,20,22H,10-11,14-19,28H2,1-6H3,(H,29,32,34)/t20-,22-/m1/s1. The molecular formula is C27H44N4O5. The van der Waals surface area contributed by atoms with Crippen molar-refractivity contribution in [2.75, 3.05) is 27.2 Å². The van der Waals surface area contributed by atoms with E-state index in [1.165, 1.54) is 4.90 Å². The van der Waals surface area contributed by atoms with Crippen molar-refractivity contribution in [1.29, 1.82) is 0 Å². The fourth-order valence-electron chi connectivity index (χ4n) is 3.51. The summed E-state index contributed by atoms with van der Waals surface area (Å²) in [6, 6.07) is 9.36. The van der Waals surface area contributed by atoms with Crippen molar-refractivity contribution < 1.29 is 23.9 Å². The lowest BCUT2D eigenvalue weighted by atomic mass is 9.94. The molecule has 9 nitrogen and oxygen atoms in total. The van der Waals surface area contributed by atoms with Gasteiger partial charge in [0.05, 0.1) is 0 Å². The Morgan fingerprint density at radius 2 is 1.56 bits per heavy atom. The maximum Gasteiger partial charge on any atom is 0.410 e. The van der Waals surface area contributed by atoms with Crippen LogP contribution in [0.15, 0.2) is 30.3 Å². The Bertz CT molecular complexity index is 851. The Labute approximate surface area is 215 Å². The summed E-state index contributed by atoms with van der Waals surface area (Å²) in [7, 11) is 3.39. The van der Waals surface area contributed by atoms with E-state index in [0.717, 1.165) is 5.56 Å². The summed E-state index contributed by atoms with van der Waals surface area (Å²) in [5.74, 6) is -1.68. The number of rotatable bonds is 13. The number of nitrogens with two attached hydrogens (primary N) is 1. The predicted molar refractivity (Wildman–Crippen MR) is 140 cm³/mol. The molecule has 0 unspecified atom stereocenters. The minimum atomic E-state index is -0.629. The normalized spacial score (nSPS) is 12.9. The second-order valence-corrected chi connectivity index (χ2v) is 10.4. The highest BCUT2D eigenvalue weighted by molar-refractivity contribution is 5.97. The molecule has 1 rings (SSSR count). The quantitative estimate of drug-likeness (QED) is 0.398. The molecule has 0 saturated carbocycles. The van der Waals surface area contributed by atoms with E-state index >= 15 is 0 Å². The van der Waals surface area contributed by atoms with E-state index in [1.807, 2.05) is 51.1 Å². The topological polar surface area (TPSA) is 122 Å². The van der Waals surface area contributed by atoms with Gasteiger partial charge in [-0.3, -0.25) is 19.7 Å². The number of amides is 4. The van der Waals surface area contributed by atoms with Gasteiger partial charge >= 0.3 is 6.09 Å². The zero-order valence-corrected chi connectivity index (χ0v) is 22.7. The molecule has 0 saturated heterocycles. The number of nitrogens with zero attached hydrogens (tertiary/aromatic N) is 2. The van der Waals surface area contributed by atoms with Crippen LogP contribution in [0.3, 0.4) is 0 Å². The van der Waals surface area contributed by atoms with Crippen LogP contribution in [0.2, 0.25) is 0 Å². The maximum atomic E-state index is 12.9. The average molecular weight is 505 g/mol. The minimum absolute atomic E-state index is 0.0123. The average Bonchev–Trinajstić information content (AvgIpc) is 2.77. The molecule has 0 aliphatic carbocycles. The fourth-order valence-corrected chi connectivity index (χ4v) is 3.51. The number of ether oxygens (including phenoxy) is 1. The summed E-state index contributed by atoms with van der Waals surface area (Å²) < 4.78 is 5.34. The summed E-state index contributed by atoms with van der Waals surface area (Å²) in [6.45, 7) is 8.17. The number of aryl methyl sites for hydroxylation is 1. The van der Waals surface area contributed by atoms with E-state index in [1.54, 1.807) is 25.9 Å². The van der Waals surface area contributed by atoms with E-state index in [-0.39, 0.29) is 30.9 Å². The largest absolute Gasteiger partial charge is 0.444 e. The monoisotopic (exact) mass is 504 g/mol. The van der Waals surface area contributed by atoms with Crippen molar-refractivity contribution in [3.05, 3.63) is 35.9 Å². The molecule has 2 atom stereocenters. The molecule has 202 valence electrons. The molecule has 1 aromatic rings. The van der Waals surface area contributed by atoms with Gasteiger partial charge in [-0.2, -0.15) is 0 Å². The molecule has 9 heteroatoms. The van der Waals surface area contributed by atoms with E-state index in [4.69, 9.17) is 10.5 Å². The molecule has 36 heavy (non-hydrogen) atoms. The molecule has 0 aromatic heterocycles. The Morgan fingerprint density at radius 1 is 0.972 bits per heavy atom. The third-order valence-corrected chi connectivity index (χ3v) is 5.55. The summed E-state index contributed by atoms with van der Waals surface area (Å²) in [4.78, 5) is 52.9. The first-order valence-electron chi connectivity index (χ1n) is 12.6. The molecule has 3 N–H and O–H groups in total. The lowest BCUT2D eigenvalue weighted by Crippen LogP contribution is -2.40. The van der Waals surface area contributed by atoms with Crippen LogP contribution in [-0.2, 0) is 25.5 Å². The van der Waals surface area contributed by atoms with Gasteiger partial charge < -0.3 is 20.3 Å². The molecule has 0 aliphatic rings. The van der Waals surface area contributed by atoms with Crippen LogP contribution >= 0.6 is 0 Å². The van der Waals surface area contributed by atoms with E-state index in [9.17, 15) is 19.2 Å². The summed E-state index contributed by atoms with van der Waals surface area (Å²) in [5, 5.41) is 2.41. The van der Waals surface area contributed by atoms with Crippen LogP contribution in [0.25, 0.3) is 0 Å². The zero-order chi connectivity index (χ0) is 27.3. The highest BCUT2D eigenvalue weighted by atomic mass is 16.6. The summed E-state index contributed by atoms with van der Waals surface area (Å²) >= 11 is 0.